The predicted molar refractivity (Wildman–Crippen MR) is 87.6 cm³/mol. The highest BCUT2D eigenvalue weighted by atomic mass is 19.3. The van der Waals surface area contributed by atoms with Gasteiger partial charge in [-0.2, -0.15) is 0 Å². The number of rotatable bonds is 5. The lowest BCUT2D eigenvalue weighted by molar-refractivity contribution is -0.154. The van der Waals surface area contributed by atoms with Gasteiger partial charge in [0.15, 0.2) is 0 Å². The van der Waals surface area contributed by atoms with Crippen molar-refractivity contribution >= 4 is 5.97 Å². The molecule has 0 amide bonds. The second kappa shape index (κ2) is 7.05. The van der Waals surface area contributed by atoms with E-state index in [0.29, 0.717) is 4.57 Å². The number of aromatic amines is 1. The van der Waals surface area contributed by atoms with Gasteiger partial charge in [0.05, 0.1) is 18.6 Å². The average Bonchev–Trinajstić information content (AvgIpc) is 2.92. The highest BCUT2D eigenvalue weighted by molar-refractivity contribution is 5.89. The molecule has 2 heterocycles. The van der Waals surface area contributed by atoms with Crippen LogP contribution in [0.3, 0.4) is 0 Å². The minimum atomic E-state index is -3.55. The van der Waals surface area contributed by atoms with E-state index in [0.717, 1.165) is 12.3 Å². The second-order valence-corrected chi connectivity index (χ2v) is 6.21. The molecule has 1 fully saturated rings. The molecular weight excluding hydrogens is 366 g/mol. The summed E-state index contributed by atoms with van der Waals surface area (Å²) >= 11 is 0. The van der Waals surface area contributed by atoms with Gasteiger partial charge < -0.3 is 14.6 Å². The fourth-order valence-electron chi connectivity index (χ4n) is 2.83. The van der Waals surface area contributed by atoms with Crippen LogP contribution in [0.25, 0.3) is 0 Å². The Kier molecular flexibility index (Phi) is 4.94. The van der Waals surface area contributed by atoms with Crippen LogP contribution in [0.5, 0.6) is 0 Å². The quantitative estimate of drug-likeness (QED) is 0.736. The van der Waals surface area contributed by atoms with Crippen LogP contribution in [-0.4, -0.2) is 45.4 Å². The molecule has 0 spiro atoms. The number of halogens is 2. The number of aliphatic hydroxyl groups is 1. The van der Waals surface area contributed by atoms with Crippen molar-refractivity contribution in [2.45, 2.75) is 24.2 Å². The summed E-state index contributed by atoms with van der Waals surface area (Å²) in [4.78, 5) is 36.8. The van der Waals surface area contributed by atoms with Crippen molar-refractivity contribution in [2.75, 3.05) is 13.2 Å². The Morgan fingerprint density at radius 1 is 1.30 bits per heavy atom. The third kappa shape index (κ3) is 3.81. The van der Waals surface area contributed by atoms with Gasteiger partial charge in [0.1, 0.15) is 12.2 Å². The highest BCUT2D eigenvalue weighted by Gasteiger charge is 2.59. The van der Waals surface area contributed by atoms with Crippen LogP contribution in [0.1, 0.15) is 23.0 Å². The zero-order chi connectivity index (χ0) is 19.7. The molecule has 144 valence electrons. The molecule has 1 aromatic carbocycles. The van der Waals surface area contributed by atoms with Crippen molar-refractivity contribution in [1.82, 2.24) is 9.55 Å². The Morgan fingerprint density at radius 3 is 2.63 bits per heavy atom. The molecule has 27 heavy (non-hydrogen) atoms. The average molecular weight is 382 g/mol. The first-order valence-electron chi connectivity index (χ1n) is 7.96. The maximum absolute atomic E-state index is 14.5. The van der Waals surface area contributed by atoms with Gasteiger partial charge in [-0.25, -0.2) is 18.4 Å². The number of aromatic nitrogens is 2. The lowest BCUT2D eigenvalue weighted by Gasteiger charge is -2.26. The molecule has 3 rings (SSSR count). The molecule has 0 bridgehead atoms. The lowest BCUT2D eigenvalue weighted by atomic mass is 10.0. The number of aliphatic hydroxyl groups excluding tert-OH is 1. The maximum atomic E-state index is 14.5. The van der Waals surface area contributed by atoms with Gasteiger partial charge in [0, 0.05) is 12.3 Å². The molecule has 0 radical (unpaired) electrons. The molecule has 1 aliphatic heterocycles. The second-order valence-electron chi connectivity index (χ2n) is 6.21. The third-order valence-electron chi connectivity index (χ3n) is 4.15. The SMILES string of the molecule is O=C(OC[C@@]1(CO)CC(F)(F)[C@H](n2ccc(=O)[nH]c2=O)O1)c1ccccc1. The van der Waals surface area contributed by atoms with Gasteiger partial charge in [-0.05, 0) is 12.1 Å². The van der Waals surface area contributed by atoms with Gasteiger partial charge in [0.2, 0.25) is 6.23 Å². The number of alkyl halides is 2. The monoisotopic (exact) mass is 382 g/mol. The molecule has 1 aromatic heterocycles. The minimum absolute atomic E-state index is 0.212. The Morgan fingerprint density at radius 2 is 2.00 bits per heavy atom. The van der Waals surface area contributed by atoms with E-state index < -0.39 is 54.6 Å². The number of carbonyl (C=O) groups excluding carboxylic acids is 1. The first-order chi connectivity index (χ1) is 12.8. The van der Waals surface area contributed by atoms with Gasteiger partial charge >= 0.3 is 11.7 Å². The molecule has 8 nitrogen and oxygen atoms in total. The summed E-state index contributed by atoms with van der Waals surface area (Å²) in [5.74, 6) is -4.32. The fraction of sp³-hybridized carbons (Fsp3) is 0.353. The van der Waals surface area contributed by atoms with E-state index in [9.17, 15) is 28.3 Å². The number of carbonyl (C=O) groups is 1. The van der Waals surface area contributed by atoms with Crippen molar-refractivity contribution < 1.29 is 28.2 Å². The summed E-state index contributed by atoms with van der Waals surface area (Å²) in [5, 5.41) is 9.62. The van der Waals surface area contributed by atoms with Crippen LogP contribution in [0.4, 0.5) is 8.78 Å². The Balaban J connectivity index is 1.81. The Hall–Kier alpha value is -2.85. The number of nitrogens with one attached hydrogen (secondary N) is 1. The molecular formula is C17H16F2N2O6. The first-order valence-corrected chi connectivity index (χ1v) is 7.96. The van der Waals surface area contributed by atoms with E-state index in [4.69, 9.17) is 9.47 Å². The van der Waals surface area contributed by atoms with Gasteiger partial charge in [-0.15, -0.1) is 0 Å². The number of benzene rings is 1. The summed E-state index contributed by atoms with van der Waals surface area (Å²) in [6.45, 7) is -1.50. The zero-order valence-electron chi connectivity index (χ0n) is 13.9. The largest absolute Gasteiger partial charge is 0.459 e. The van der Waals surface area contributed by atoms with E-state index in [2.05, 4.69) is 0 Å². The number of H-pyrrole nitrogens is 1. The molecule has 0 saturated carbocycles. The lowest BCUT2D eigenvalue weighted by Crippen LogP contribution is -2.40. The van der Waals surface area contributed by atoms with E-state index in [1.807, 2.05) is 4.98 Å². The molecule has 0 unspecified atom stereocenters. The topological polar surface area (TPSA) is 111 Å². The molecule has 1 saturated heterocycles. The van der Waals surface area contributed by atoms with Crippen molar-refractivity contribution in [3.63, 3.8) is 0 Å². The van der Waals surface area contributed by atoms with Crippen LogP contribution < -0.4 is 11.2 Å². The normalized spacial score (nSPS) is 23.9. The summed E-state index contributed by atoms with van der Waals surface area (Å²) in [6.07, 6.45) is -2.16. The standard InChI is InChI=1S/C17H16F2N2O6/c18-17(19)8-16(9-22,10-26-13(24)11-4-2-1-3-5-11)27-14(17)21-7-6-12(23)20-15(21)25/h1-7,14,22H,8-10H2,(H,20,23,25)/t14-,16+/m1/s1. The Labute approximate surface area is 151 Å². The maximum Gasteiger partial charge on any atom is 0.338 e. The predicted octanol–water partition coefficient (Wildman–Crippen LogP) is 0.679. The highest BCUT2D eigenvalue weighted by Crippen LogP contribution is 2.47. The number of hydrogen-bond donors (Lipinski definition) is 2. The van der Waals surface area contributed by atoms with E-state index in [-0.39, 0.29) is 5.56 Å². The first kappa shape index (κ1) is 18.9. The van der Waals surface area contributed by atoms with Crippen molar-refractivity contribution in [3.05, 3.63) is 69.0 Å². The summed E-state index contributed by atoms with van der Waals surface area (Å²) in [7, 11) is 0. The minimum Gasteiger partial charge on any atom is -0.459 e. The van der Waals surface area contributed by atoms with Crippen molar-refractivity contribution in [2.24, 2.45) is 0 Å². The molecule has 2 aromatic rings. The molecule has 1 aliphatic rings. The van der Waals surface area contributed by atoms with Crippen molar-refractivity contribution in [1.29, 1.82) is 0 Å². The number of esters is 1. The van der Waals surface area contributed by atoms with Crippen LogP contribution in [0.2, 0.25) is 0 Å². The van der Waals surface area contributed by atoms with Crippen LogP contribution in [0, 0.1) is 0 Å². The molecule has 2 N–H and O–H groups in total. The van der Waals surface area contributed by atoms with Crippen LogP contribution >= 0.6 is 0 Å². The van der Waals surface area contributed by atoms with Crippen molar-refractivity contribution in [3.8, 4) is 0 Å². The van der Waals surface area contributed by atoms with Gasteiger partial charge in [0.25, 0.3) is 11.5 Å². The van der Waals surface area contributed by atoms with E-state index in [1.54, 1.807) is 18.2 Å². The Bertz CT molecular complexity index is 942. The van der Waals surface area contributed by atoms with E-state index >= 15 is 0 Å². The summed E-state index contributed by atoms with van der Waals surface area (Å²) in [5.41, 5.74) is -3.51. The van der Waals surface area contributed by atoms with Gasteiger partial charge in [-0.1, -0.05) is 18.2 Å². The van der Waals surface area contributed by atoms with E-state index in [1.165, 1.54) is 12.1 Å². The summed E-state index contributed by atoms with van der Waals surface area (Å²) < 4.78 is 39.8. The number of ether oxygens (including phenoxy) is 2. The molecule has 2 atom stereocenters. The molecule has 10 heteroatoms. The third-order valence-corrected chi connectivity index (χ3v) is 4.15. The zero-order valence-corrected chi connectivity index (χ0v) is 13.9. The number of nitrogens with zero attached hydrogens (tertiary/aromatic N) is 1. The summed E-state index contributed by atoms with van der Waals surface area (Å²) in [6, 6.07) is 8.78. The number of hydrogen-bond acceptors (Lipinski definition) is 6. The van der Waals surface area contributed by atoms with Crippen LogP contribution in [0.15, 0.2) is 52.2 Å². The van der Waals surface area contributed by atoms with Crippen LogP contribution in [-0.2, 0) is 9.47 Å². The fourth-order valence-corrected chi connectivity index (χ4v) is 2.83. The smallest absolute Gasteiger partial charge is 0.338 e. The van der Waals surface area contributed by atoms with Gasteiger partial charge in [-0.3, -0.25) is 14.3 Å². The molecule has 0 aliphatic carbocycles.